The molecule has 14 heavy (non-hydrogen) atoms. The molecule has 1 aromatic carbocycles. The zero-order valence-corrected chi connectivity index (χ0v) is 8.08. The van der Waals surface area contributed by atoms with E-state index < -0.39 is 0 Å². The van der Waals surface area contributed by atoms with Crippen molar-refractivity contribution in [2.75, 3.05) is 13.2 Å². The van der Waals surface area contributed by atoms with E-state index in [0.717, 1.165) is 22.6 Å². The first-order valence-corrected chi connectivity index (χ1v) is 4.52. The monoisotopic (exact) mass is 195 g/mol. The Balaban J connectivity index is 2.36. The van der Waals surface area contributed by atoms with E-state index in [1.165, 1.54) is 0 Å². The summed E-state index contributed by atoms with van der Waals surface area (Å²) >= 11 is 0. The van der Waals surface area contributed by atoms with Crippen molar-refractivity contribution in [1.29, 1.82) is 0 Å². The second-order valence-electron chi connectivity index (χ2n) is 3.25. The maximum Gasteiger partial charge on any atom is 0.164 e. The van der Waals surface area contributed by atoms with Crippen LogP contribution in [0.1, 0.15) is 11.1 Å². The Morgan fingerprint density at radius 3 is 2.93 bits per heavy atom. The Labute approximate surface area is 82.5 Å². The topological polar surface area (TPSA) is 53.7 Å². The van der Waals surface area contributed by atoms with E-state index in [2.05, 4.69) is 4.84 Å². The van der Waals surface area contributed by atoms with Crippen LogP contribution in [0, 0.1) is 6.92 Å². The second kappa shape index (κ2) is 3.86. The van der Waals surface area contributed by atoms with Gasteiger partial charge >= 0.3 is 0 Å². The molecule has 0 fully saturated rings. The molecular weight excluding hydrogens is 182 g/mol. The van der Waals surface area contributed by atoms with E-state index in [4.69, 9.17) is 15.4 Å². The summed E-state index contributed by atoms with van der Waals surface area (Å²) in [7, 11) is 0. The molecule has 0 bridgehead atoms. The maximum absolute atomic E-state index is 5.49. The molecule has 0 unspecified atom stereocenters. The van der Waals surface area contributed by atoms with Crippen molar-refractivity contribution in [2.24, 2.45) is 5.90 Å². The van der Waals surface area contributed by atoms with Gasteiger partial charge < -0.3 is 9.47 Å². The smallest absolute Gasteiger partial charge is 0.164 e. The molecule has 76 valence electrons. The van der Waals surface area contributed by atoms with Crippen LogP contribution in [0.4, 0.5) is 0 Å². The highest BCUT2D eigenvalue weighted by Crippen LogP contribution is 2.34. The van der Waals surface area contributed by atoms with Gasteiger partial charge in [0.05, 0.1) is 6.61 Å². The predicted octanol–water partition coefficient (Wildman–Crippen LogP) is 1.16. The van der Waals surface area contributed by atoms with Crippen molar-refractivity contribution in [3.63, 3.8) is 0 Å². The summed E-state index contributed by atoms with van der Waals surface area (Å²) in [5.74, 6) is 6.63. The summed E-state index contributed by atoms with van der Waals surface area (Å²) in [5.41, 5.74) is 2.04. The Hall–Kier alpha value is -1.26. The van der Waals surface area contributed by atoms with Crippen LogP contribution in [0.5, 0.6) is 11.5 Å². The molecular formula is C10H13NO3. The first-order chi connectivity index (χ1) is 6.81. The SMILES string of the molecule is Cc1cc(CON)cc2c1OCCO2. The molecule has 0 aromatic heterocycles. The summed E-state index contributed by atoms with van der Waals surface area (Å²) in [6.07, 6.45) is 0. The van der Waals surface area contributed by atoms with Crippen LogP contribution in [0.3, 0.4) is 0 Å². The van der Waals surface area contributed by atoms with Gasteiger partial charge in [0.25, 0.3) is 0 Å². The highest BCUT2D eigenvalue weighted by atomic mass is 16.6. The fraction of sp³-hybridized carbons (Fsp3) is 0.400. The zero-order chi connectivity index (χ0) is 9.97. The Morgan fingerprint density at radius 2 is 2.14 bits per heavy atom. The van der Waals surface area contributed by atoms with Gasteiger partial charge in [-0.25, -0.2) is 5.90 Å². The Morgan fingerprint density at radius 1 is 1.36 bits per heavy atom. The molecule has 2 N–H and O–H groups in total. The van der Waals surface area contributed by atoms with Gasteiger partial charge in [-0.2, -0.15) is 0 Å². The average Bonchev–Trinajstić information content (AvgIpc) is 2.18. The molecule has 0 atom stereocenters. The highest BCUT2D eigenvalue weighted by molar-refractivity contribution is 5.49. The Bertz CT molecular complexity index is 338. The number of benzene rings is 1. The van der Waals surface area contributed by atoms with Crippen LogP contribution in [0.25, 0.3) is 0 Å². The molecule has 1 heterocycles. The molecule has 4 nitrogen and oxygen atoms in total. The third kappa shape index (κ3) is 1.66. The molecule has 1 aliphatic heterocycles. The molecule has 4 heteroatoms. The van der Waals surface area contributed by atoms with Crippen LogP contribution in [-0.4, -0.2) is 13.2 Å². The van der Waals surface area contributed by atoms with Gasteiger partial charge in [-0.3, -0.25) is 4.84 Å². The lowest BCUT2D eigenvalue weighted by Crippen LogP contribution is -2.16. The first kappa shape index (κ1) is 9.30. The third-order valence-electron chi connectivity index (χ3n) is 2.14. The number of aryl methyl sites for hydroxylation is 1. The van der Waals surface area contributed by atoms with Crippen LogP contribution in [0.2, 0.25) is 0 Å². The maximum atomic E-state index is 5.49. The van der Waals surface area contributed by atoms with E-state index in [1.807, 2.05) is 19.1 Å². The van der Waals surface area contributed by atoms with Gasteiger partial charge in [0, 0.05) is 0 Å². The molecule has 0 spiro atoms. The summed E-state index contributed by atoms with van der Waals surface area (Å²) in [6.45, 7) is 3.57. The van der Waals surface area contributed by atoms with Gasteiger partial charge in [-0.1, -0.05) is 0 Å². The summed E-state index contributed by atoms with van der Waals surface area (Å²) in [6, 6.07) is 3.88. The largest absolute Gasteiger partial charge is 0.486 e. The molecule has 0 aliphatic carbocycles. The minimum absolute atomic E-state index is 0.386. The second-order valence-corrected chi connectivity index (χ2v) is 3.25. The van der Waals surface area contributed by atoms with Crippen molar-refractivity contribution >= 4 is 0 Å². The van der Waals surface area contributed by atoms with Gasteiger partial charge in [-0.15, -0.1) is 0 Å². The predicted molar refractivity (Wildman–Crippen MR) is 51.1 cm³/mol. The van der Waals surface area contributed by atoms with Gasteiger partial charge in [0.1, 0.15) is 13.2 Å². The van der Waals surface area contributed by atoms with Crippen molar-refractivity contribution in [2.45, 2.75) is 13.5 Å². The van der Waals surface area contributed by atoms with Crippen molar-refractivity contribution in [3.8, 4) is 11.5 Å². The molecule has 0 saturated carbocycles. The molecule has 1 aliphatic rings. The highest BCUT2D eigenvalue weighted by Gasteiger charge is 2.14. The van der Waals surface area contributed by atoms with Gasteiger partial charge in [0.15, 0.2) is 11.5 Å². The van der Waals surface area contributed by atoms with Crippen molar-refractivity contribution in [1.82, 2.24) is 0 Å². The molecule has 2 rings (SSSR count). The van der Waals surface area contributed by atoms with Gasteiger partial charge in [-0.05, 0) is 30.2 Å². The Kier molecular flexibility index (Phi) is 2.56. The van der Waals surface area contributed by atoms with Gasteiger partial charge in [0.2, 0.25) is 0 Å². The summed E-state index contributed by atoms with van der Waals surface area (Å²) < 4.78 is 11.0. The molecule has 0 amide bonds. The number of rotatable bonds is 2. The van der Waals surface area contributed by atoms with Crippen molar-refractivity contribution in [3.05, 3.63) is 23.3 Å². The fourth-order valence-electron chi connectivity index (χ4n) is 1.58. The van der Waals surface area contributed by atoms with E-state index in [0.29, 0.717) is 19.8 Å². The normalized spacial score (nSPS) is 14.1. The lowest BCUT2D eigenvalue weighted by Gasteiger charge is -2.20. The quantitative estimate of drug-likeness (QED) is 0.719. The van der Waals surface area contributed by atoms with Crippen LogP contribution in [-0.2, 0) is 11.4 Å². The number of hydrogen-bond acceptors (Lipinski definition) is 4. The van der Waals surface area contributed by atoms with E-state index in [-0.39, 0.29) is 0 Å². The lowest BCUT2D eigenvalue weighted by molar-refractivity contribution is 0.123. The number of fused-ring (bicyclic) bond motifs is 1. The summed E-state index contributed by atoms with van der Waals surface area (Å²) in [5, 5.41) is 0. The first-order valence-electron chi connectivity index (χ1n) is 4.52. The molecule has 1 aromatic rings. The van der Waals surface area contributed by atoms with Crippen LogP contribution in [0.15, 0.2) is 12.1 Å². The standard InChI is InChI=1S/C10H13NO3/c1-7-4-8(6-14-11)5-9-10(7)13-3-2-12-9/h4-5H,2-3,6,11H2,1H3. The zero-order valence-electron chi connectivity index (χ0n) is 8.08. The molecule has 0 saturated heterocycles. The van der Waals surface area contributed by atoms with Crippen molar-refractivity contribution < 1.29 is 14.3 Å². The van der Waals surface area contributed by atoms with E-state index >= 15 is 0 Å². The number of nitrogens with two attached hydrogens (primary N) is 1. The van der Waals surface area contributed by atoms with Crippen LogP contribution >= 0.6 is 0 Å². The number of hydrogen-bond donors (Lipinski definition) is 1. The lowest BCUT2D eigenvalue weighted by atomic mass is 10.1. The fourth-order valence-corrected chi connectivity index (χ4v) is 1.58. The molecule has 0 radical (unpaired) electrons. The van der Waals surface area contributed by atoms with Crippen LogP contribution < -0.4 is 15.4 Å². The summed E-state index contributed by atoms with van der Waals surface area (Å²) in [4.78, 5) is 4.58. The number of ether oxygens (including phenoxy) is 2. The third-order valence-corrected chi connectivity index (χ3v) is 2.14. The van der Waals surface area contributed by atoms with E-state index in [9.17, 15) is 0 Å². The van der Waals surface area contributed by atoms with E-state index in [1.54, 1.807) is 0 Å². The minimum atomic E-state index is 0.386. The average molecular weight is 195 g/mol. The minimum Gasteiger partial charge on any atom is -0.486 e.